The molecule has 162 valence electrons. The number of amides is 1. The predicted molar refractivity (Wildman–Crippen MR) is 118 cm³/mol. The van der Waals surface area contributed by atoms with E-state index in [0.29, 0.717) is 35.7 Å². The highest BCUT2D eigenvalue weighted by atomic mass is 35.5. The van der Waals surface area contributed by atoms with Gasteiger partial charge in [-0.3, -0.25) is 4.79 Å². The van der Waals surface area contributed by atoms with Gasteiger partial charge in [0.1, 0.15) is 5.75 Å². The van der Waals surface area contributed by atoms with Crippen LogP contribution in [0.3, 0.4) is 0 Å². The molecule has 1 aliphatic heterocycles. The summed E-state index contributed by atoms with van der Waals surface area (Å²) in [6.45, 7) is 2.52. The van der Waals surface area contributed by atoms with Gasteiger partial charge in [0.2, 0.25) is 15.9 Å². The monoisotopic (exact) mass is 450 g/mol. The van der Waals surface area contributed by atoms with Crippen molar-refractivity contribution in [3.8, 4) is 5.75 Å². The van der Waals surface area contributed by atoms with E-state index >= 15 is 0 Å². The molecule has 2 aromatic rings. The first-order valence-corrected chi connectivity index (χ1v) is 11.9. The Balaban J connectivity index is 1.64. The maximum absolute atomic E-state index is 12.9. The molecule has 30 heavy (non-hydrogen) atoms. The average molecular weight is 451 g/mol. The van der Waals surface area contributed by atoms with Crippen molar-refractivity contribution in [1.82, 2.24) is 9.62 Å². The second-order valence-electron chi connectivity index (χ2n) is 7.55. The zero-order chi connectivity index (χ0) is 21.7. The lowest BCUT2D eigenvalue weighted by Gasteiger charge is -2.32. The fourth-order valence-electron chi connectivity index (χ4n) is 3.72. The maximum Gasteiger partial charge on any atom is 0.224 e. The minimum atomic E-state index is -3.52. The lowest BCUT2D eigenvalue weighted by Crippen LogP contribution is -2.46. The number of rotatable bonds is 7. The first-order chi connectivity index (χ1) is 14.3. The van der Waals surface area contributed by atoms with Gasteiger partial charge in [0, 0.05) is 23.7 Å². The normalized spacial score (nSPS) is 18.6. The van der Waals surface area contributed by atoms with Crippen LogP contribution in [0.4, 0.5) is 0 Å². The van der Waals surface area contributed by atoms with Crippen molar-refractivity contribution in [3.63, 3.8) is 0 Å². The smallest absolute Gasteiger partial charge is 0.224 e. The molecule has 1 saturated heterocycles. The lowest BCUT2D eigenvalue weighted by molar-refractivity contribution is -0.126. The van der Waals surface area contributed by atoms with E-state index in [9.17, 15) is 13.2 Å². The number of ether oxygens (including phenoxy) is 1. The number of hydrogen-bond acceptors (Lipinski definition) is 4. The Bertz CT molecular complexity index is 979. The van der Waals surface area contributed by atoms with E-state index in [-0.39, 0.29) is 30.2 Å². The molecule has 1 amide bonds. The molecule has 6 nitrogen and oxygen atoms in total. The van der Waals surface area contributed by atoms with Gasteiger partial charge >= 0.3 is 0 Å². The Morgan fingerprint density at radius 3 is 2.63 bits per heavy atom. The Hall–Kier alpha value is -2.09. The van der Waals surface area contributed by atoms with E-state index < -0.39 is 10.0 Å². The standard InChI is InChI=1S/C22H27ClN2O4S/c1-16(20-7-3-4-8-21(20)29-2)24-22(26)18-6-5-13-25(14-18)30(27,28)15-17-9-11-19(23)12-10-17/h3-4,7-12,16,18H,5-6,13-15H2,1-2H3,(H,24,26)/t16-,18-/m1/s1. The van der Waals surface area contributed by atoms with Gasteiger partial charge in [-0.2, -0.15) is 0 Å². The van der Waals surface area contributed by atoms with Crippen LogP contribution in [0.5, 0.6) is 5.75 Å². The Morgan fingerprint density at radius 1 is 1.23 bits per heavy atom. The summed E-state index contributed by atoms with van der Waals surface area (Å²) in [7, 11) is -1.92. The number of piperidine rings is 1. The fourth-order valence-corrected chi connectivity index (χ4v) is 5.46. The number of hydrogen-bond donors (Lipinski definition) is 1. The number of nitrogens with one attached hydrogen (secondary N) is 1. The van der Waals surface area contributed by atoms with Crippen LogP contribution in [0.15, 0.2) is 48.5 Å². The molecule has 8 heteroatoms. The molecule has 0 unspecified atom stereocenters. The molecule has 1 fully saturated rings. The molecule has 0 aliphatic carbocycles. The quantitative estimate of drug-likeness (QED) is 0.696. The summed E-state index contributed by atoms with van der Waals surface area (Å²) in [6, 6.07) is 14.1. The van der Waals surface area contributed by atoms with Crippen LogP contribution in [-0.4, -0.2) is 38.8 Å². The van der Waals surface area contributed by atoms with Crippen molar-refractivity contribution in [3.05, 3.63) is 64.7 Å². The number of para-hydroxylation sites is 1. The summed E-state index contributed by atoms with van der Waals surface area (Å²) in [5.74, 6) is 0.0904. The molecule has 2 aromatic carbocycles. The van der Waals surface area contributed by atoms with Gasteiger partial charge in [0.25, 0.3) is 0 Å². The maximum atomic E-state index is 12.9. The molecule has 0 aromatic heterocycles. The second kappa shape index (κ2) is 9.81. The van der Waals surface area contributed by atoms with Gasteiger partial charge in [-0.05, 0) is 43.5 Å². The topological polar surface area (TPSA) is 75.7 Å². The van der Waals surface area contributed by atoms with Gasteiger partial charge in [-0.25, -0.2) is 12.7 Å². The molecule has 0 spiro atoms. The van der Waals surface area contributed by atoms with Gasteiger partial charge in [-0.1, -0.05) is 41.9 Å². The van der Waals surface area contributed by atoms with Crippen LogP contribution < -0.4 is 10.1 Å². The molecule has 0 saturated carbocycles. The molecule has 1 N–H and O–H groups in total. The van der Waals surface area contributed by atoms with Crippen molar-refractivity contribution in [1.29, 1.82) is 0 Å². The SMILES string of the molecule is COc1ccccc1[C@@H](C)NC(=O)[C@@H]1CCCN(S(=O)(=O)Cc2ccc(Cl)cc2)C1. The molecular formula is C22H27ClN2O4S. The van der Waals surface area contributed by atoms with Crippen LogP contribution in [0, 0.1) is 5.92 Å². The molecular weight excluding hydrogens is 424 g/mol. The number of nitrogens with zero attached hydrogens (tertiary/aromatic N) is 1. The molecule has 2 atom stereocenters. The van der Waals surface area contributed by atoms with Gasteiger partial charge in [-0.15, -0.1) is 0 Å². The fraction of sp³-hybridized carbons (Fsp3) is 0.409. The summed E-state index contributed by atoms with van der Waals surface area (Å²) in [5.41, 5.74) is 1.56. The third-order valence-corrected chi connectivity index (χ3v) is 7.44. The Labute approximate surface area is 183 Å². The van der Waals surface area contributed by atoms with Crippen molar-refractivity contribution < 1.29 is 17.9 Å². The summed E-state index contributed by atoms with van der Waals surface area (Å²) in [4.78, 5) is 12.9. The average Bonchev–Trinajstić information content (AvgIpc) is 2.75. The first-order valence-electron chi connectivity index (χ1n) is 9.95. The van der Waals surface area contributed by atoms with Crippen molar-refractivity contribution in [2.24, 2.45) is 5.92 Å². The zero-order valence-corrected chi connectivity index (χ0v) is 18.7. The van der Waals surface area contributed by atoms with E-state index in [0.717, 1.165) is 5.56 Å². The summed E-state index contributed by atoms with van der Waals surface area (Å²) in [6.07, 6.45) is 1.32. The van der Waals surface area contributed by atoms with E-state index in [1.807, 2.05) is 31.2 Å². The van der Waals surface area contributed by atoms with E-state index in [1.165, 1.54) is 4.31 Å². The minimum absolute atomic E-state index is 0.101. The lowest BCUT2D eigenvalue weighted by atomic mass is 9.97. The van der Waals surface area contributed by atoms with Crippen LogP contribution in [0.1, 0.15) is 36.9 Å². The number of halogens is 1. The van der Waals surface area contributed by atoms with E-state index in [4.69, 9.17) is 16.3 Å². The third-order valence-electron chi connectivity index (χ3n) is 5.37. The Morgan fingerprint density at radius 2 is 1.93 bits per heavy atom. The van der Waals surface area contributed by atoms with Crippen LogP contribution in [0.2, 0.25) is 5.02 Å². The highest BCUT2D eigenvalue weighted by Crippen LogP contribution is 2.26. The zero-order valence-electron chi connectivity index (χ0n) is 17.2. The minimum Gasteiger partial charge on any atom is -0.496 e. The summed E-state index contributed by atoms with van der Waals surface area (Å²) >= 11 is 5.88. The summed E-state index contributed by atoms with van der Waals surface area (Å²) < 4.78 is 32.6. The molecule has 0 radical (unpaired) electrons. The number of methoxy groups -OCH3 is 1. The number of benzene rings is 2. The Kier molecular flexibility index (Phi) is 7.39. The number of carbonyl (C=O) groups is 1. The van der Waals surface area contributed by atoms with Gasteiger partial charge in [0.15, 0.2) is 0 Å². The highest BCUT2D eigenvalue weighted by molar-refractivity contribution is 7.88. The van der Waals surface area contributed by atoms with Crippen molar-refractivity contribution in [2.45, 2.75) is 31.6 Å². The molecule has 1 aliphatic rings. The van der Waals surface area contributed by atoms with E-state index in [1.54, 1.807) is 31.4 Å². The second-order valence-corrected chi connectivity index (χ2v) is 9.96. The molecule has 3 rings (SSSR count). The first kappa shape index (κ1) is 22.6. The van der Waals surface area contributed by atoms with Crippen LogP contribution in [0.25, 0.3) is 0 Å². The van der Waals surface area contributed by atoms with Gasteiger partial charge in [0.05, 0.1) is 24.8 Å². The molecule has 1 heterocycles. The number of sulfonamides is 1. The predicted octanol–water partition coefficient (Wildman–Crippen LogP) is 3.77. The third kappa shape index (κ3) is 5.53. The van der Waals surface area contributed by atoms with Crippen LogP contribution >= 0.6 is 11.6 Å². The van der Waals surface area contributed by atoms with Crippen molar-refractivity contribution in [2.75, 3.05) is 20.2 Å². The van der Waals surface area contributed by atoms with Crippen LogP contribution in [-0.2, 0) is 20.6 Å². The van der Waals surface area contributed by atoms with Crippen molar-refractivity contribution >= 4 is 27.5 Å². The van der Waals surface area contributed by atoms with E-state index in [2.05, 4.69) is 5.32 Å². The highest BCUT2D eigenvalue weighted by Gasteiger charge is 2.33. The summed E-state index contributed by atoms with van der Waals surface area (Å²) in [5, 5.41) is 3.58. The number of carbonyl (C=O) groups excluding carboxylic acids is 1. The molecule has 0 bridgehead atoms. The van der Waals surface area contributed by atoms with Gasteiger partial charge < -0.3 is 10.1 Å². The largest absolute Gasteiger partial charge is 0.496 e.